The second kappa shape index (κ2) is 8.61. The van der Waals surface area contributed by atoms with Gasteiger partial charge in [-0.1, -0.05) is 42.5 Å². The molecule has 34 heavy (non-hydrogen) atoms. The van der Waals surface area contributed by atoms with Gasteiger partial charge in [0.05, 0.1) is 24.1 Å². The van der Waals surface area contributed by atoms with E-state index in [4.69, 9.17) is 4.74 Å². The van der Waals surface area contributed by atoms with Crippen LogP contribution >= 0.6 is 0 Å². The third-order valence-corrected chi connectivity index (χ3v) is 5.43. The van der Waals surface area contributed by atoms with Crippen LogP contribution in [0.3, 0.4) is 0 Å². The molecule has 0 aliphatic carbocycles. The predicted octanol–water partition coefficient (Wildman–Crippen LogP) is 6.60. The summed E-state index contributed by atoms with van der Waals surface area (Å²) < 4.78 is 62.7. The predicted molar refractivity (Wildman–Crippen MR) is 121 cm³/mol. The van der Waals surface area contributed by atoms with Crippen molar-refractivity contribution in [3.05, 3.63) is 90.0 Å². The Morgan fingerprint density at radius 1 is 0.912 bits per heavy atom. The number of ether oxygens (including phenoxy) is 1. The second-order valence-electron chi connectivity index (χ2n) is 8.29. The zero-order valence-corrected chi connectivity index (χ0v) is 18.7. The Bertz CT molecular complexity index is 1340. The van der Waals surface area contributed by atoms with E-state index in [1.807, 2.05) is 0 Å². The minimum Gasteiger partial charge on any atom is -0.495 e. The lowest BCUT2D eigenvalue weighted by atomic mass is 10.0. The molecular formula is C26H22F4N2O2. The fourth-order valence-electron chi connectivity index (χ4n) is 3.71. The number of alkyl halides is 3. The zero-order valence-electron chi connectivity index (χ0n) is 18.7. The van der Waals surface area contributed by atoms with Crippen LogP contribution in [0.25, 0.3) is 28.2 Å². The molecule has 0 spiro atoms. The summed E-state index contributed by atoms with van der Waals surface area (Å²) in [4.78, 5) is 4.37. The molecule has 4 nitrogen and oxygen atoms in total. The molecule has 0 amide bonds. The molecule has 0 fully saturated rings. The van der Waals surface area contributed by atoms with E-state index < -0.39 is 23.2 Å². The van der Waals surface area contributed by atoms with Gasteiger partial charge in [-0.05, 0) is 43.7 Å². The van der Waals surface area contributed by atoms with Crippen LogP contribution in [0.5, 0.6) is 5.75 Å². The maximum atomic E-state index is 14.3. The minimum absolute atomic E-state index is 0.0120. The highest BCUT2D eigenvalue weighted by atomic mass is 19.4. The molecule has 4 aromatic rings. The van der Waals surface area contributed by atoms with Gasteiger partial charge in [0, 0.05) is 17.3 Å². The molecule has 0 bridgehead atoms. The van der Waals surface area contributed by atoms with E-state index in [9.17, 15) is 22.7 Å². The molecule has 1 aromatic heterocycles. The third-order valence-electron chi connectivity index (χ3n) is 5.43. The molecular weight excluding hydrogens is 448 g/mol. The Kier molecular flexibility index (Phi) is 5.95. The molecule has 3 aromatic carbocycles. The first kappa shape index (κ1) is 23.5. The fraction of sp³-hybridized carbons (Fsp3) is 0.192. The van der Waals surface area contributed by atoms with Crippen molar-refractivity contribution in [3.8, 4) is 34.0 Å². The molecule has 0 unspecified atom stereocenters. The molecule has 0 radical (unpaired) electrons. The van der Waals surface area contributed by atoms with Crippen molar-refractivity contribution in [2.45, 2.75) is 25.6 Å². The molecule has 0 aliphatic heterocycles. The van der Waals surface area contributed by atoms with Crippen LogP contribution in [0.15, 0.2) is 72.9 Å². The minimum atomic E-state index is -4.61. The van der Waals surface area contributed by atoms with Crippen molar-refractivity contribution in [2.75, 3.05) is 7.11 Å². The van der Waals surface area contributed by atoms with Crippen LogP contribution in [0.1, 0.15) is 25.1 Å². The summed E-state index contributed by atoms with van der Waals surface area (Å²) in [6.45, 7) is 3.00. The summed E-state index contributed by atoms with van der Waals surface area (Å²) in [6, 6.07) is 16.2. The summed E-state index contributed by atoms with van der Waals surface area (Å²) >= 11 is 0. The quantitative estimate of drug-likeness (QED) is 0.334. The van der Waals surface area contributed by atoms with E-state index in [-0.39, 0.29) is 17.1 Å². The topological polar surface area (TPSA) is 47.3 Å². The van der Waals surface area contributed by atoms with Gasteiger partial charge >= 0.3 is 6.18 Å². The first-order chi connectivity index (χ1) is 16.0. The van der Waals surface area contributed by atoms with Crippen LogP contribution in [-0.2, 0) is 11.8 Å². The van der Waals surface area contributed by atoms with Crippen molar-refractivity contribution >= 4 is 0 Å². The number of nitrogens with zero attached hydrogens (tertiary/aromatic N) is 2. The molecule has 8 heteroatoms. The van der Waals surface area contributed by atoms with E-state index in [1.165, 1.54) is 56.0 Å². The lowest BCUT2D eigenvalue weighted by Crippen LogP contribution is -2.15. The number of hydrogen-bond acceptors (Lipinski definition) is 3. The van der Waals surface area contributed by atoms with Gasteiger partial charge in [-0.25, -0.2) is 9.37 Å². The standard InChI is InChI=1S/C26H22F4N2O2/c1-25(2,33)23-15-32(24(31-23)18-9-4-6-10-19(18)26(28,29)30)21-13-12-16(14-22(21)34-3)17-8-5-7-11-20(17)27/h4-15,33H,1-3H3. The average Bonchev–Trinajstić information content (AvgIpc) is 3.24. The number of halogens is 4. The smallest absolute Gasteiger partial charge is 0.417 e. The summed E-state index contributed by atoms with van der Waals surface area (Å²) in [6.07, 6.45) is -3.13. The number of aromatic nitrogens is 2. The average molecular weight is 470 g/mol. The Hall–Kier alpha value is -3.65. The molecule has 4 rings (SSSR count). The van der Waals surface area contributed by atoms with E-state index in [2.05, 4.69) is 4.98 Å². The summed E-state index contributed by atoms with van der Waals surface area (Å²) in [5, 5.41) is 10.5. The monoisotopic (exact) mass is 470 g/mol. The van der Waals surface area contributed by atoms with Crippen molar-refractivity contribution in [1.82, 2.24) is 9.55 Å². The Morgan fingerprint density at radius 3 is 2.18 bits per heavy atom. The van der Waals surface area contributed by atoms with Gasteiger partial charge in [0.1, 0.15) is 23.0 Å². The highest BCUT2D eigenvalue weighted by Gasteiger charge is 2.35. The van der Waals surface area contributed by atoms with Crippen LogP contribution < -0.4 is 4.74 Å². The highest BCUT2D eigenvalue weighted by molar-refractivity contribution is 5.71. The summed E-state index contributed by atoms with van der Waals surface area (Å²) in [5.74, 6) is -0.128. The Labute approximate surface area is 194 Å². The summed E-state index contributed by atoms with van der Waals surface area (Å²) in [5.41, 5.74) is -0.946. The van der Waals surface area contributed by atoms with Gasteiger partial charge in [0.2, 0.25) is 0 Å². The molecule has 1 heterocycles. The number of rotatable bonds is 5. The van der Waals surface area contributed by atoms with Gasteiger partial charge < -0.3 is 9.84 Å². The number of imidazole rings is 1. The summed E-state index contributed by atoms with van der Waals surface area (Å²) in [7, 11) is 1.42. The zero-order chi connectivity index (χ0) is 24.7. The molecule has 1 N–H and O–H groups in total. The lowest BCUT2D eigenvalue weighted by molar-refractivity contribution is -0.137. The number of hydrogen-bond donors (Lipinski definition) is 1. The number of aliphatic hydroxyl groups is 1. The van der Waals surface area contributed by atoms with Crippen molar-refractivity contribution in [2.24, 2.45) is 0 Å². The van der Waals surface area contributed by atoms with Crippen LogP contribution in [-0.4, -0.2) is 21.8 Å². The first-order valence-corrected chi connectivity index (χ1v) is 10.4. The first-order valence-electron chi connectivity index (χ1n) is 10.4. The van der Waals surface area contributed by atoms with Gasteiger partial charge in [0.15, 0.2) is 0 Å². The largest absolute Gasteiger partial charge is 0.495 e. The van der Waals surface area contributed by atoms with Crippen LogP contribution in [0.4, 0.5) is 17.6 Å². The molecule has 0 aliphatic rings. The SMILES string of the molecule is COc1cc(-c2ccccc2F)ccc1-n1cc(C(C)(C)O)nc1-c1ccccc1C(F)(F)F. The Morgan fingerprint density at radius 2 is 1.56 bits per heavy atom. The molecule has 0 saturated heterocycles. The van der Waals surface area contributed by atoms with E-state index in [0.29, 0.717) is 22.6 Å². The third kappa shape index (κ3) is 4.41. The van der Waals surface area contributed by atoms with E-state index >= 15 is 0 Å². The normalized spacial score (nSPS) is 12.1. The maximum Gasteiger partial charge on any atom is 0.417 e. The van der Waals surface area contributed by atoms with Crippen molar-refractivity contribution in [3.63, 3.8) is 0 Å². The maximum absolute atomic E-state index is 14.3. The highest BCUT2D eigenvalue weighted by Crippen LogP contribution is 2.40. The molecule has 0 atom stereocenters. The van der Waals surface area contributed by atoms with E-state index in [1.54, 1.807) is 36.4 Å². The number of benzene rings is 3. The fourth-order valence-corrected chi connectivity index (χ4v) is 3.71. The lowest BCUT2D eigenvalue weighted by Gasteiger charge is -2.16. The number of methoxy groups -OCH3 is 1. The van der Waals surface area contributed by atoms with Crippen molar-refractivity contribution in [1.29, 1.82) is 0 Å². The van der Waals surface area contributed by atoms with Gasteiger partial charge in [-0.15, -0.1) is 0 Å². The molecule has 176 valence electrons. The second-order valence-corrected chi connectivity index (χ2v) is 8.29. The van der Waals surface area contributed by atoms with Crippen LogP contribution in [0, 0.1) is 5.82 Å². The van der Waals surface area contributed by atoms with Gasteiger partial charge in [-0.2, -0.15) is 13.2 Å². The van der Waals surface area contributed by atoms with E-state index in [0.717, 1.165) is 6.07 Å². The Balaban J connectivity index is 1.96. The van der Waals surface area contributed by atoms with Gasteiger partial charge in [-0.3, -0.25) is 4.57 Å². The van der Waals surface area contributed by atoms with Crippen molar-refractivity contribution < 1.29 is 27.4 Å². The van der Waals surface area contributed by atoms with Gasteiger partial charge in [0.25, 0.3) is 0 Å². The van der Waals surface area contributed by atoms with Crippen LogP contribution in [0.2, 0.25) is 0 Å². The molecule has 0 saturated carbocycles.